The lowest BCUT2D eigenvalue weighted by atomic mass is 9.95. The van der Waals surface area contributed by atoms with Crippen molar-refractivity contribution < 1.29 is 24.2 Å². The SMILES string of the molecule is CCCCOc1ccc(C(O)=C2C(=O)C(=O)N(CCCN(CC)CC)[C@@H]2c2ccc(OCC)cc2)cc1. The molecule has 0 unspecified atom stereocenters. The van der Waals surface area contributed by atoms with Crippen molar-refractivity contribution in [3.8, 4) is 11.5 Å². The minimum Gasteiger partial charge on any atom is -0.507 e. The molecule has 3 rings (SSSR count). The average Bonchev–Trinajstić information content (AvgIpc) is 3.17. The Morgan fingerprint density at radius 2 is 1.51 bits per heavy atom. The molecule has 37 heavy (non-hydrogen) atoms. The summed E-state index contributed by atoms with van der Waals surface area (Å²) in [6.07, 6.45) is 2.73. The molecule has 0 radical (unpaired) electrons. The van der Waals surface area contributed by atoms with E-state index in [1.54, 1.807) is 29.2 Å². The van der Waals surface area contributed by atoms with Gasteiger partial charge in [-0.25, -0.2) is 0 Å². The Balaban J connectivity index is 1.95. The van der Waals surface area contributed by atoms with Crippen molar-refractivity contribution in [1.82, 2.24) is 9.80 Å². The predicted molar refractivity (Wildman–Crippen MR) is 146 cm³/mol. The molecule has 2 aromatic carbocycles. The number of unbranched alkanes of at least 4 members (excludes halogenated alkanes) is 1. The van der Waals surface area contributed by atoms with Gasteiger partial charge in [0.1, 0.15) is 17.3 Å². The molecule has 1 fully saturated rings. The van der Waals surface area contributed by atoms with Crippen molar-refractivity contribution in [3.05, 3.63) is 65.2 Å². The number of ether oxygens (including phenoxy) is 2. The maximum atomic E-state index is 13.3. The number of ketones is 1. The second kappa shape index (κ2) is 13.8. The third-order valence-electron chi connectivity index (χ3n) is 6.71. The van der Waals surface area contributed by atoms with Gasteiger partial charge >= 0.3 is 0 Å². The lowest BCUT2D eigenvalue weighted by Gasteiger charge is -2.27. The van der Waals surface area contributed by atoms with Crippen LogP contribution in [-0.2, 0) is 9.59 Å². The molecule has 0 bridgehead atoms. The number of aliphatic hydroxyl groups is 1. The van der Waals surface area contributed by atoms with Gasteiger partial charge in [-0.3, -0.25) is 9.59 Å². The van der Waals surface area contributed by atoms with Crippen LogP contribution in [0.5, 0.6) is 11.5 Å². The summed E-state index contributed by atoms with van der Waals surface area (Å²) in [5.41, 5.74) is 1.34. The second-order valence-electron chi connectivity index (χ2n) is 9.10. The number of amides is 1. The minimum absolute atomic E-state index is 0.108. The molecule has 0 aliphatic carbocycles. The van der Waals surface area contributed by atoms with E-state index >= 15 is 0 Å². The molecule has 1 aliphatic rings. The molecule has 1 amide bonds. The lowest BCUT2D eigenvalue weighted by Crippen LogP contribution is -2.33. The molecule has 2 aromatic rings. The van der Waals surface area contributed by atoms with Gasteiger partial charge in [0.25, 0.3) is 11.7 Å². The maximum Gasteiger partial charge on any atom is 0.295 e. The van der Waals surface area contributed by atoms with Gasteiger partial charge in [0, 0.05) is 12.1 Å². The first kappa shape index (κ1) is 28.3. The standard InChI is InChI=1S/C30H40N2O5/c1-5-9-21-37-25-17-13-23(14-18-25)28(33)26-27(22-11-15-24(16-12-22)36-8-4)32(30(35)29(26)34)20-10-19-31(6-2)7-3/h11-18,27,33H,5-10,19-21H2,1-4H3/t27-/m1/s1. The van der Waals surface area contributed by atoms with Crippen molar-refractivity contribution >= 4 is 17.4 Å². The lowest BCUT2D eigenvalue weighted by molar-refractivity contribution is -0.140. The van der Waals surface area contributed by atoms with Crippen molar-refractivity contribution in [2.24, 2.45) is 0 Å². The highest BCUT2D eigenvalue weighted by Gasteiger charge is 2.45. The van der Waals surface area contributed by atoms with Crippen LogP contribution in [0.4, 0.5) is 0 Å². The summed E-state index contributed by atoms with van der Waals surface area (Å²) >= 11 is 0. The van der Waals surface area contributed by atoms with Gasteiger partial charge in [-0.1, -0.05) is 39.3 Å². The summed E-state index contributed by atoms with van der Waals surface area (Å²) in [5.74, 6) is -0.0149. The largest absolute Gasteiger partial charge is 0.507 e. The topological polar surface area (TPSA) is 79.3 Å². The number of rotatable bonds is 14. The third-order valence-corrected chi connectivity index (χ3v) is 6.71. The Morgan fingerprint density at radius 1 is 0.892 bits per heavy atom. The smallest absolute Gasteiger partial charge is 0.295 e. The van der Waals surface area contributed by atoms with Crippen LogP contribution in [0.15, 0.2) is 54.1 Å². The molecule has 0 saturated carbocycles. The van der Waals surface area contributed by atoms with Crippen LogP contribution in [0.1, 0.15) is 64.1 Å². The van der Waals surface area contributed by atoms with Crippen LogP contribution in [0.3, 0.4) is 0 Å². The molecular formula is C30H40N2O5. The summed E-state index contributed by atoms with van der Waals surface area (Å²) in [4.78, 5) is 30.3. The van der Waals surface area contributed by atoms with E-state index in [9.17, 15) is 14.7 Å². The first-order valence-electron chi connectivity index (χ1n) is 13.4. The van der Waals surface area contributed by atoms with Gasteiger partial charge in [0.15, 0.2) is 0 Å². The summed E-state index contributed by atoms with van der Waals surface area (Å²) in [7, 11) is 0. The predicted octanol–water partition coefficient (Wildman–Crippen LogP) is 5.42. The zero-order chi connectivity index (χ0) is 26.8. The highest BCUT2D eigenvalue weighted by atomic mass is 16.5. The zero-order valence-electron chi connectivity index (χ0n) is 22.5. The van der Waals surface area contributed by atoms with Gasteiger partial charge in [0.05, 0.1) is 24.8 Å². The second-order valence-corrected chi connectivity index (χ2v) is 9.10. The number of nitrogens with zero attached hydrogens (tertiary/aromatic N) is 2. The average molecular weight is 509 g/mol. The number of carbonyl (C=O) groups is 2. The van der Waals surface area contributed by atoms with Crippen LogP contribution in [0.2, 0.25) is 0 Å². The minimum atomic E-state index is -0.673. The van der Waals surface area contributed by atoms with Crippen molar-refractivity contribution in [2.45, 2.75) is 53.0 Å². The van der Waals surface area contributed by atoms with E-state index < -0.39 is 17.7 Å². The number of carbonyl (C=O) groups excluding carboxylic acids is 2. The first-order chi connectivity index (χ1) is 17.9. The van der Waals surface area contributed by atoms with Crippen molar-refractivity contribution in [2.75, 3.05) is 39.4 Å². The van der Waals surface area contributed by atoms with Crippen LogP contribution in [0.25, 0.3) is 5.76 Å². The Hall–Kier alpha value is -3.32. The van der Waals surface area contributed by atoms with Gasteiger partial charge in [-0.2, -0.15) is 0 Å². The number of hydrogen-bond acceptors (Lipinski definition) is 6. The maximum absolute atomic E-state index is 13.3. The highest BCUT2D eigenvalue weighted by molar-refractivity contribution is 6.46. The summed E-state index contributed by atoms with van der Waals surface area (Å²) in [6, 6.07) is 13.7. The molecule has 0 aromatic heterocycles. The molecule has 1 N–H and O–H groups in total. The number of hydrogen-bond donors (Lipinski definition) is 1. The molecule has 7 nitrogen and oxygen atoms in total. The van der Waals surface area contributed by atoms with Crippen molar-refractivity contribution in [3.63, 3.8) is 0 Å². The molecule has 1 heterocycles. The van der Waals surface area contributed by atoms with Crippen LogP contribution < -0.4 is 9.47 Å². The Bertz CT molecular complexity index is 1060. The van der Waals surface area contributed by atoms with Gasteiger partial charge in [0.2, 0.25) is 0 Å². The highest BCUT2D eigenvalue weighted by Crippen LogP contribution is 2.40. The summed E-state index contributed by atoms with van der Waals surface area (Å²) in [6.45, 7) is 12.5. The Morgan fingerprint density at radius 3 is 2.11 bits per heavy atom. The third kappa shape index (κ3) is 6.92. The molecule has 200 valence electrons. The van der Waals surface area contributed by atoms with E-state index in [0.717, 1.165) is 44.5 Å². The van der Waals surface area contributed by atoms with E-state index in [0.29, 0.717) is 36.8 Å². The first-order valence-corrected chi connectivity index (χ1v) is 13.4. The van der Waals surface area contributed by atoms with E-state index in [1.807, 2.05) is 31.2 Å². The monoisotopic (exact) mass is 508 g/mol. The summed E-state index contributed by atoms with van der Waals surface area (Å²) < 4.78 is 11.3. The van der Waals surface area contributed by atoms with Gasteiger partial charge in [-0.15, -0.1) is 0 Å². The Labute approximate surface area is 220 Å². The Kier molecular flexibility index (Phi) is 10.6. The fraction of sp³-hybridized carbons (Fsp3) is 0.467. The number of Topliss-reactive ketones (excluding diaryl/α,β-unsaturated/α-hetero) is 1. The molecule has 1 aliphatic heterocycles. The normalized spacial score (nSPS) is 17.0. The zero-order valence-corrected chi connectivity index (χ0v) is 22.5. The molecule has 0 spiro atoms. The molecule has 1 atom stereocenters. The van der Waals surface area contributed by atoms with Crippen molar-refractivity contribution in [1.29, 1.82) is 0 Å². The summed E-state index contributed by atoms with van der Waals surface area (Å²) in [5, 5.41) is 11.3. The van der Waals surface area contributed by atoms with Gasteiger partial charge < -0.3 is 24.4 Å². The van der Waals surface area contributed by atoms with E-state index in [4.69, 9.17) is 9.47 Å². The molecular weight excluding hydrogens is 468 g/mol. The number of aliphatic hydroxyl groups excluding tert-OH is 1. The van der Waals surface area contributed by atoms with E-state index in [1.165, 1.54) is 0 Å². The van der Waals surface area contributed by atoms with Crippen LogP contribution in [0, 0.1) is 0 Å². The fourth-order valence-corrected chi connectivity index (χ4v) is 4.57. The molecule has 7 heteroatoms. The number of benzene rings is 2. The van der Waals surface area contributed by atoms with Crippen LogP contribution in [-0.4, -0.2) is 66.0 Å². The van der Waals surface area contributed by atoms with Crippen LogP contribution >= 0.6 is 0 Å². The van der Waals surface area contributed by atoms with E-state index in [-0.39, 0.29) is 11.3 Å². The fourth-order valence-electron chi connectivity index (χ4n) is 4.57. The number of likely N-dealkylation sites (tertiary alicyclic amines) is 1. The molecule has 1 saturated heterocycles. The van der Waals surface area contributed by atoms with E-state index in [2.05, 4.69) is 25.7 Å². The van der Waals surface area contributed by atoms with Gasteiger partial charge in [-0.05, 0) is 81.4 Å². The quantitative estimate of drug-likeness (QED) is 0.159.